The van der Waals surface area contributed by atoms with Crippen molar-refractivity contribution in [2.75, 3.05) is 33.2 Å². The van der Waals surface area contributed by atoms with E-state index in [-0.39, 0.29) is 23.8 Å². The Labute approximate surface area is 160 Å². The molecule has 2 fully saturated rings. The predicted octanol–water partition coefficient (Wildman–Crippen LogP) is 0.450. The van der Waals surface area contributed by atoms with Gasteiger partial charge in [-0.2, -0.15) is 5.10 Å². The second-order valence-electron chi connectivity index (χ2n) is 7.95. The fourth-order valence-electron chi connectivity index (χ4n) is 4.19. The van der Waals surface area contributed by atoms with E-state index in [1.807, 2.05) is 4.90 Å². The number of aliphatic hydroxyl groups excluding tert-OH is 1. The van der Waals surface area contributed by atoms with Gasteiger partial charge in [-0.15, -0.1) is 0 Å². The molecule has 0 unspecified atom stereocenters. The summed E-state index contributed by atoms with van der Waals surface area (Å²) in [6.07, 6.45) is 1.97. The molecule has 8 heteroatoms. The molecule has 8 nitrogen and oxygen atoms in total. The van der Waals surface area contributed by atoms with Gasteiger partial charge in [-0.05, 0) is 53.1 Å². The summed E-state index contributed by atoms with van der Waals surface area (Å²) in [5, 5.41) is 20.3. The van der Waals surface area contributed by atoms with E-state index >= 15 is 0 Å². The van der Waals surface area contributed by atoms with Gasteiger partial charge < -0.3 is 20.2 Å². The number of H-pyrrole nitrogens is 1. The first-order valence-electron chi connectivity index (χ1n) is 9.84. The van der Waals surface area contributed by atoms with Gasteiger partial charge in [0.15, 0.2) is 0 Å². The largest absolute Gasteiger partial charge is 0.391 e. The second kappa shape index (κ2) is 8.39. The van der Waals surface area contributed by atoms with Crippen LogP contribution >= 0.6 is 0 Å². The third kappa shape index (κ3) is 4.50. The average molecular weight is 377 g/mol. The third-order valence-electron chi connectivity index (χ3n) is 5.87. The Bertz CT molecular complexity index is 669. The summed E-state index contributed by atoms with van der Waals surface area (Å²) in [5.41, 5.74) is 1.90. The van der Waals surface area contributed by atoms with Gasteiger partial charge in [0.25, 0.3) is 5.91 Å². The number of hydrogen-bond donors (Lipinski definition) is 3. The number of carbonyl (C=O) groups is 2. The van der Waals surface area contributed by atoms with E-state index in [4.69, 9.17) is 0 Å². The van der Waals surface area contributed by atoms with Gasteiger partial charge in [-0.1, -0.05) is 0 Å². The molecule has 2 aliphatic rings. The first kappa shape index (κ1) is 19.8. The van der Waals surface area contributed by atoms with Crippen LogP contribution < -0.4 is 5.32 Å². The monoisotopic (exact) mass is 377 g/mol. The van der Waals surface area contributed by atoms with E-state index in [1.54, 1.807) is 13.8 Å². The lowest BCUT2D eigenvalue weighted by Gasteiger charge is -2.35. The van der Waals surface area contributed by atoms with Gasteiger partial charge >= 0.3 is 0 Å². The number of nitrogens with zero attached hydrogens (tertiary/aromatic N) is 3. The number of aromatic amines is 1. The number of aromatic nitrogens is 2. The zero-order valence-corrected chi connectivity index (χ0v) is 16.5. The number of aryl methyl sites for hydroxylation is 2. The number of rotatable bonds is 3. The van der Waals surface area contributed by atoms with Crippen LogP contribution in [0.25, 0.3) is 0 Å². The van der Waals surface area contributed by atoms with Gasteiger partial charge in [0.2, 0.25) is 5.91 Å². The van der Waals surface area contributed by atoms with E-state index in [0.717, 1.165) is 38.3 Å². The van der Waals surface area contributed by atoms with Crippen LogP contribution in [-0.2, 0) is 4.79 Å². The highest BCUT2D eigenvalue weighted by Crippen LogP contribution is 2.27. The van der Waals surface area contributed by atoms with E-state index in [9.17, 15) is 14.7 Å². The fourth-order valence-corrected chi connectivity index (χ4v) is 4.19. The molecule has 2 amide bonds. The molecular formula is C19H31N5O3. The van der Waals surface area contributed by atoms with Crippen molar-refractivity contribution < 1.29 is 14.7 Å². The smallest absolute Gasteiger partial charge is 0.255 e. The summed E-state index contributed by atoms with van der Waals surface area (Å²) >= 11 is 0. The Hall–Kier alpha value is -1.93. The zero-order chi connectivity index (χ0) is 19.6. The number of hydrogen-bond acceptors (Lipinski definition) is 5. The van der Waals surface area contributed by atoms with Gasteiger partial charge in [0.1, 0.15) is 0 Å². The van der Waals surface area contributed by atoms with Gasteiger partial charge in [0, 0.05) is 31.2 Å². The Morgan fingerprint density at radius 2 is 1.96 bits per heavy atom. The summed E-state index contributed by atoms with van der Waals surface area (Å²) in [4.78, 5) is 29.6. The molecule has 3 N–H and O–H groups in total. The van der Waals surface area contributed by atoms with Crippen molar-refractivity contribution in [1.82, 2.24) is 25.3 Å². The Morgan fingerprint density at radius 1 is 1.19 bits per heavy atom. The maximum absolute atomic E-state index is 12.9. The Kier molecular flexibility index (Phi) is 6.16. The maximum Gasteiger partial charge on any atom is 0.255 e. The lowest BCUT2D eigenvalue weighted by molar-refractivity contribution is -0.138. The zero-order valence-electron chi connectivity index (χ0n) is 16.5. The van der Waals surface area contributed by atoms with Crippen molar-refractivity contribution in [2.45, 2.75) is 51.7 Å². The summed E-state index contributed by atoms with van der Waals surface area (Å²) in [7, 11) is 2.08. The van der Waals surface area contributed by atoms with Crippen LogP contribution in [0.4, 0.5) is 0 Å². The van der Waals surface area contributed by atoms with Crippen molar-refractivity contribution in [3.63, 3.8) is 0 Å². The second-order valence-corrected chi connectivity index (χ2v) is 7.95. The summed E-state index contributed by atoms with van der Waals surface area (Å²) in [5.74, 6) is -0.229. The van der Waals surface area contributed by atoms with Crippen molar-refractivity contribution in [1.29, 1.82) is 0 Å². The Morgan fingerprint density at radius 3 is 2.63 bits per heavy atom. The fraction of sp³-hybridized carbons (Fsp3) is 0.737. The van der Waals surface area contributed by atoms with E-state index in [0.29, 0.717) is 30.5 Å². The third-order valence-corrected chi connectivity index (χ3v) is 5.87. The molecular weight excluding hydrogens is 346 g/mol. The van der Waals surface area contributed by atoms with E-state index < -0.39 is 6.10 Å². The summed E-state index contributed by atoms with van der Waals surface area (Å²) in [6, 6.07) is -0.328. The molecule has 0 bridgehead atoms. The highest BCUT2D eigenvalue weighted by atomic mass is 16.3. The first-order valence-corrected chi connectivity index (χ1v) is 9.84. The van der Waals surface area contributed by atoms with Crippen LogP contribution in [0.5, 0.6) is 0 Å². The highest BCUT2D eigenvalue weighted by Gasteiger charge is 2.36. The van der Waals surface area contributed by atoms with Crippen molar-refractivity contribution in [3.8, 4) is 0 Å². The number of aliphatic hydroxyl groups is 1. The van der Waals surface area contributed by atoms with Crippen LogP contribution in [0.15, 0.2) is 0 Å². The van der Waals surface area contributed by atoms with Crippen LogP contribution in [0.2, 0.25) is 0 Å². The normalized spacial score (nSPS) is 27.3. The summed E-state index contributed by atoms with van der Waals surface area (Å²) in [6.45, 7) is 7.03. The predicted molar refractivity (Wildman–Crippen MR) is 101 cm³/mol. The topological polar surface area (TPSA) is 102 Å². The van der Waals surface area contributed by atoms with Gasteiger partial charge in [-0.25, -0.2) is 0 Å². The number of carbonyl (C=O) groups excluding carboxylic acids is 2. The minimum absolute atomic E-state index is 0.149. The van der Waals surface area contributed by atoms with E-state index in [2.05, 4.69) is 27.5 Å². The molecule has 1 saturated heterocycles. The van der Waals surface area contributed by atoms with Crippen LogP contribution in [0.3, 0.4) is 0 Å². The van der Waals surface area contributed by atoms with Crippen LogP contribution in [0, 0.1) is 19.8 Å². The molecule has 3 rings (SSSR count). The van der Waals surface area contributed by atoms with Crippen LogP contribution in [0.1, 0.15) is 47.4 Å². The molecule has 27 heavy (non-hydrogen) atoms. The number of likely N-dealkylation sites (N-methyl/N-ethyl adjacent to an activating group) is 1. The van der Waals surface area contributed by atoms with Gasteiger partial charge in [-0.3, -0.25) is 14.7 Å². The van der Waals surface area contributed by atoms with Crippen LogP contribution in [-0.4, -0.2) is 82.3 Å². The lowest BCUT2D eigenvalue weighted by Crippen LogP contribution is -2.50. The number of nitrogens with one attached hydrogen (secondary N) is 2. The molecule has 1 saturated carbocycles. The quantitative estimate of drug-likeness (QED) is 0.710. The van der Waals surface area contributed by atoms with Gasteiger partial charge in [0.05, 0.1) is 23.4 Å². The maximum atomic E-state index is 12.9. The minimum Gasteiger partial charge on any atom is -0.391 e. The molecule has 1 aromatic heterocycles. The lowest BCUT2D eigenvalue weighted by atomic mass is 9.83. The van der Waals surface area contributed by atoms with Crippen molar-refractivity contribution in [3.05, 3.63) is 17.0 Å². The average Bonchev–Trinajstić information content (AvgIpc) is 2.83. The highest BCUT2D eigenvalue weighted by molar-refractivity contribution is 5.96. The first-order chi connectivity index (χ1) is 12.9. The molecule has 0 radical (unpaired) electrons. The van der Waals surface area contributed by atoms with E-state index in [1.165, 1.54) is 0 Å². The SMILES string of the molecule is Cc1n[nH]c(C)c1C(=O)N[C@H]1CC[C@H](C(=O)N2CCCN(C)CC2)C[C@@H]1O. The van der Waals surface area contributed by atoms with Crippen molar-refractivity contribution in [2.24, 2.45) is 5.92 Å². The minimum atomic E-state index is -0.709. The molecule has 1 aliphatic heterocycles. The molecule has 3 atom stereocenters. The molecule has 0 aromatic carbocycles. The standard InChI is InChI=1S/C19H31N5O3/c1-12-17(13(2)22-21-12)18(26)20-15-6-5-14(11-16(15)25)19(27)24-8-4-7-23(3)9-10-24/h14-16,25H,4-11H2,1-3H3,(H,20,26)(H,21,22)/t14-,15-,16-/m0/s1. The molecule has 150 valence electrons. The molecule has 1 aliphatic carbocycles. The molecule has 1 aromatic rings. The molecule has 0 spiro atoms. The number of amides is 2. The van der Waals surface area contributed by atoms with Crippen molar-refractivity contribution >= 4 is 11.8 Å². The molecule has 2 heterocycles. The Balaban J connectivity index is 1.56. The summed E-state index contributed by atoms with van der Waals surface area (Å²) < 4.78 is 0.